The summed E-state index contributed by atoms with van der Waals surface area (Å²) in [4.78, 5) is 2.05. The van der Waals surface area contributed by atoms with Crippen LogP contribution in [0.2, 0.25) is 0 Å². The van der Waals surface area contributed by atoms with Crippen LogP contribution in [-0.2, 0) is 6.54 Å². The van der Waals surface area contributed by atoms with Gasteiger partial charge in [0, 0.05) is 19.0 Å². The van der Waals surface area contributed by atoms with Gasteiger partial charge in [0.25, 0.3) is 0 Å². The molecule has 0 spiro atoms. The molecule has 0 aliphatic rings. The Morgan fingerprint density at radius 3 is 2.83 bits per heavy atom. The van der Waals surface area contributed by atoms with Crippen LogP contribution >= 0.6 is 15.9 Å². The van der Waals surface area contributed by atoms with Crippen LogP contribution in [0.4, 0.5) is 4.39 Å². The Bertz CT molecular complexity index is 439. The monoisotopic (exact) mass is 317 g/mol. The van der Waals surface area contributed by atoms with Gasteiger partial charge < -0.3 is 10.9 Å². The summed E-state index contributed by atoms with van der Waals surface area (Å²) in [6.45, 7) is 2.65. The molecule has 0 radical (unpaired) electrons. The second-order valence-electron chi connectivity index (χ2n) is 4.31. The summed E-state index contributed by atoms with van der Waals surface area (Å²) in [6.07, 6.45) is 0.482. The van der Waals surface area contributed by atoms with Gasteiger partial charge in [0.05, 0.1) is 4.47 Å². The minimum Gasteiger partial charge on any atom is -0.409 e. The molecule has 1 rings (SSSR count). The third-order valence-corrected chi connectivity index (χ3v) is 3.41. The molecule has 0 saturated carbocycles. The van der Waals surface area contributed by atoms with E-state index >= 15 is 0 Å². The van der Waals surface area contributed by atoms with E-state index in [0.29, 0.717) is 17.4 Å². The van der Waals surface area contributed by atoms with Crippen molar-refractivity contribution in [1.29, 1.82) is 0 Å². The van der Waals surface area contributed by atoms with Gasteiger partial charge in [-0.25, -0.2) is 4.39 Å². The molecule has 0 heterocycles. The summed E-state index contributed by atoms with van der Waals surface area (Å²) in [5, 5.41) is 11.5. The first-order chi connectivity index (χ1) is 8.43. The zero-order valence-corrected chi connectivity index (χ0v) is 12.0. The fraction of sp³-hybridized carbons (Fsp3) is 0.417. The number of hydrogen-bond donors (Lipinski definition) is 2. The summed E-state index contributed by atoms with van der Waals surface area (Å²) in [5.74, 6) is -0.0688. The smallest absolute Gasteiger partial charge is 0.140 e. The van der Waals surface area contributed by atoms with Gasteiger partial charge in [0.1, 0.15) is 11.7 Å². The highest BCUT2D eigenvalue weighted by atomic mass is 79.9. The van der Waals surface area contributed by atoms with Gasteiger partial charge in [-0.2, -0.15) is 0 Å². The van der Waals surface area contributed by atoms with Crippen molar-refractivity contribution < 1.29 is 9.60 Å². The molecule has 0 saturated heterocycles. The first kappa shape index (κ1) is 14.9. The Morgan fingerprint density at radius 2 is 2.28 bits per heavy atom. The van der Waals surface area contributed by atoms with Crippen LogP contribution in [-0.4, -0.2) is 29.0 Å². The normalized spacial score (nSPS) is 13.9. The zero-order chi connectivity index (χ0) is 13.7. The van der Waals surface area contributed by atoms with Crippen LogP contribution < -0.4 is 5.73 Å². The number of amidine groups is 1. The van der Waals surface area contributed by atoms with Crippen molar-refractivity contribution in [1.82, 2.24) is 4.90 Å². The minimum atomic E-state index is -0.272. The van der Waals surface area contributed by atoms with Crippen molar-refractivity contribution in [3.63, 3.8) is 0 Å². The quantitative estimate of drug-likeness (QED) is 0.380. The van der Waals surface area contributed by atoms with E-state index in [-0.39, 0.29) is 17.7 Å². The Balaban J connectivity index is 2.63. The number of nitrogens with two attached hydrogens (primary N) is 1. The maximum atomic E-state index is 13.1. The van der Waals surface area contributed by atoms with E-state index in [4.69, 9.17) is 10.9 Å². The second kappa shape index (κ2) is 6.70. The van der Waals surface area contributed by atoms with Crippen molar-refractivity contribution in [2.24, 2.45) is 10.9 Å². The van der Waals surface area contributed by atoms with Crippen molar-refractivity contribution in [3.05, 3.63) is 34.1 Å². The van der Waals surface area contributed by atoms with E-state index in [1.165, 1.54) is 6.07 Å². The van der Waals surface area contributed by atoms with Crippen molar-refractivity contribution in [2.45, 2.75) is 25.9 Å². The molecule has 1 aromatic rings. The summed E-state index contributed by atoms with van der Waals surface area (Å²) >= 11 is 3.16. The van der Waals surface area contributed by atoms with Crippen molar-refractivity contribution in [2.75, 3.05) is 7.05 Å². The molecule has 1 atom stereocenters. The van der Waals surface area contributed by atoms with Crippen LogP contribution in [0, 0.1) is 5.82 Å². The lowest BCUT2D eigenvalue weighted by atomic mass is 10.1. The Labute approximate surface area is 114 Å². The van der Waals surface area contributed by atoms with E-state index in [1.54, 1.807) is 12.1 Å². The molecule has 1 aromatic carbocycles. The second-order valence-corrected chi connectivity index (χ2v) is 5.16. The molecule has 0 aliphatic carbocycles. The van der Waals surface area contributed by atoms with E-state index in [1.807, 2.05) is 14.0 Å². The molecule has 0 amide bonds. The molecule has 18 heavy (non-hydrogen) atoms. The third kappa shape index (κ3) is 4.27. The lowest BCUT2D eigenvalue weighted by Crippen LogP contribution is -2.32. The molecule has 0 aliphatic heterocycles. The highest BCUT2D eigenvalue weighted by molar-refractivity contribution is 9.10. The summed E-state index contributed by atoms with van der Waals surface area (Å²) in [7, 11) is 1.94. The molecule has 6 heteroatoms. The van der Waals surface area contributed by atoms with Gasteiger partial charge >= 0.3 is 0 Å². The molecular formula is C12H17BrFN3O. The molecule has 4 nitrogen and oxygen atoms in total. The van der Waals surface area contributed by atoms with Crippen molar-refractivity contribution in [3.8, 4) is 0 Å². The van der Waals surface area contributed by atoms with Gasteiger partial charge in [0.2, 0.25) is 0 Å². The Kier molecular flexibility index (Phi) is 5.55. The maximum Gasteiger partial charge on any atom is 0.140 e. The third-order valence-electron chi connectivity index (χ3n) is 2.80. The number of oxime groups is 1. The van der Waals surface area contributed by atoms with Crippen LogP contribution in [0.25, 0.3) is 0 Å². The first-order valence-corrected chi connectivity index (χ1v) is 6.34. The van der Waals surface area contributed by atoms with Gasteiger partial charge in [-0.05, 0) is 47.6 Å². The molecule has 1 unspecified atom stereocenters. The topological polar surface area (TPSA) is 61.9 Å². The average Bonchev–Trinajstić information content (AvgIpc) is 2.33. The SMILES string of the molecule is CC(C/C(N)=N/O)N(C)Cc1ccc(F)c(Br)c1. The van der Waals surface area contributed by atoms with Gasteiger partial charge in [-0.1, -0.05) is 11.2 Å². The highest BCUT2D eigenvalue weighted by Gasteiger charge is 2.12. The van der Waals surface area contributed by atoms with E-state index < -0.39 is 0 Å². The van der Waals surface area contributed by atoms with Crippen LogP contribution in [0.3, 0.4) is 0 Å². The van der Waals surface area contributed by atoms with Crippen LogP contribution in [0.15, 0.2) is 27.8 Å². The number of benzene rings is 1. The molecule has 0 bridgehead atoms. The fourth-order valence-electron chi connectivity index (χ4n) is 1.58. The maximum absolute atomic E-state index is 13.1. The van der Waals surface area contributed by atoms with Gasteiger partial charge in [0.15, 0.2) is 0 Å². The highest BCUT2D eigenvalue weighted by Crippen LogP contribution is 2.18. The largest absolute Gasteiger partial charge is 0.409 e. The van der Waals surface area contributed by atoms with E-state index in [0.717, 1.165) is 5.56 Å². The number of nitrogens with zero attached hydrogens (tertiary/aromatic N) is 2. The molecule has 0 aromatic heterocycles. The summed E-state index contributed by atoms with van der Waals surface area (Å²) in [6, 6.07) is 5.06. The van der Waals surface area contributed by atoms with Crippen LogP contribution in [0.1, 0.15) is 18.9 Å². The van der Waals surface area contributed by atoms with E-state index in [9.17, 15) is 4.39 Å². The number of rotatable bonds is 5. The van der Waals surface area contributed by atoms with Gasteiger partial charge in [-0.15, -0.1) is 0 Å². The number of halogens is 2. The fourth-order valence-corrected chi connectivity index (χ4v) is 2.01. The lowest BCUT2D eigenvalue weighted by molar-refractivity contribution is 0.251. The van der Waals surface area contributed by atoms with Crippen LogP contribution in [0.5, 0.6) is 0 Å². The molecule has 3 N–H and O–H groups in total. The summed E-state index contributed by atoms with van der Waals surface area (Å²) in [5.41, 5.74) is 6.46. The van der Waals surface area contributed by atoms with E-state index in [2.05, 4.69) is 26.0 Å². The predicted octanol–water partition coefficient (Wildman–Crippen LogP) is 2.54. The summed E-state index contributed by atoms with van der Waals surface area (Å²) < 4.78 is 13.5. The van der Waals surface area contributed by atoms with Crippen molar-refractivity contribution >= 4 is 21.8 Å². The Hall–Kier alpha value is -1.14. The van der Waals surface area contributed by atoms with Gasteiger partial charge in [-0.3, -0.25) is 4.90 Å². The average molecular weight is 318 g/mol. The predicted molar refractivity (Wildman–Crippen MR) is 73.1 cm³/mol. The first-order valence-electron chi connectivity index (χ1n) is 5.54. The standard InChI is InChI=1S/C12H17BrFN3O/c1-8(5-12(15)16-18)17(2)7-9-3-4-11(14)10(13)6-9/h3-4,6,8,18H,5,7H2,1-2H3,(H2,15,16). The Morgan fingerprint density at radius 1 is 1.61 bits per heavy atom. The molecule has 100 valence electrons. The number of hydrogen-bond acceptors (Lipinski definition) is 3. The molecular weight excluding hydrogens is 301 g/mol. The zero-order valence-electron chi connectivity index (χ0n) is 10.4. The molecule has 0 fully saturated rings. The lowest BCUT2D eigenvalue weighted by Gasteiger charge is -2.24. The minimum absolute atomic E-state index is 0.129.